The van der Waals surface area contributed by atoms with Gasteiger partial charge in [-0.1, -0.05) is 26.0 Å². The van der Waals surface area contributed by atoms with Crippen LogP contribution in [0.1, 0.15) is 54.0 Å². The van der Waals surface area contributed by atoms with Gasteiger partial charge in [0.15, 0.2) is 0 Å². The number of nitrogens with zero attached hydrogens (tertiary/aromatic N) is 1. The van der Waals surface area contributed by atoms with Crippen LogP contribution in [0.4, 0.5) is 13.2 Å². The average molecular weight is 422 g/mol. The summed E-state index contributed by atoms with van der Waals surface area (Å²) >= 11 is 0. The molecule has 1 amide bonds. The summed E-state index contributed by atoms with van der Waals surface area (Å²) in [6, 6.07) is 9.43. The highest BCUT2D eigenvalue weighted by Gasteiger charge is 2.27. The Bertz CT molecular complexity index is 865. The Balaban J connectivity index is 1.94. The van der Waals surface area contributed by atoms with Gasteiger partial charge < -0.3 is 10.1 Å². The Labute approximate surface area is 173 Å². The number of nitrogens with one attached hydrogen (secondary N) is 1. The first-order valence-electron chi connectivity index (χ1n) is 9.57. The molecular weight excluding hydrogens is 397 g/mol. The second kappa shape index (κ2) is 10.3. The lowest BCUT2D eigenvalue weighted by atomic mass is 10.0. The van der Waals surface area contributed by atoms with E-state index in [-0.39, 0.29) is 36.7 Å². The van der Waals surface area contributed by atoms with Gasteiger partial charge in [0.05, 0.1) is 12.6 Å². The number of ether oxygens (including phenoxy) is 1. The quantitative estimate of drug-likeness (QED) is 0.650. The van der Waals surface area contributed by atoms with Gasteiger partial charge in [-0.15, -0.1) is 0 Å². The average Bonchev–Trinajstić information content (AvgIpc) is 2.67. The van der Waals surface area contributed by atoms with Crippen LogP contribution in [0.25, 0.3) is 0 Å². The lowest BCUT2D eigenvalue weighted by molar-refractivity contribution is -0.176. The fraction of sp³-hybridized carbons (Fsp3) is 0.409. The van der Waals surface area contributed by atoms with Crippen LogP contribution in [-0.4, -0.2) is 29.5 Å². The number of carbonyl (C=O) groups is 2. The lowest BCUT2D eigenvalue weighted by Gasteiger charge is -2.15. The fourth-order valence-corrected chi connectivity index (χ4v) is 2.65. The zero-order chi connectivity index (χ0) is 22.3. The Hall–Kier alpha value is -2.74. The van der Waals surface area contributed by atoms with E-state index in [4.69, 9.17) is 0 Å². The lowest BCUT2D eigenvalue weighted by Crippen LogP contribution is -2.26. The van der Waals surface area contributed by atoms with Gasteiger partial charge in [-0.2, -0.15) is 13.2 Å². The maximum atomic E-state index is 12.5. The normalized spacial score (nSPS) is 12.6. The molecule has 0 saturated heterocycles. The van der Waals surface area contributed by atoms with Gasteiger partial charge in [0.2, 0.25) is 0 Å². The minimum Gasteiger partial charge on any atom is -0.367 e. The molecule has 1 aromatic heterocycles. The highest BCUT2D eigenvalue weighted by atomic mass is 19.4. The van der Waals surface area contributed by atoms with Crippen LogP contribution in [-0.2, 0) is 22.6 Å². The molecule has 0 radical (unpaired) electrons. The molecule has 1 N–H and O–H groups in total. The number of halogens is 3. The number of aromatic nitrogens is 1. The van der Waals surface area contributed by atoms with Gasteiger partial charge in [-0.25, -0.2) is 0 Å². The molecule has 1 atom stereocenters. The van der Waals surface area contributed by atoms with Crippen LogP contribution < -0.4 is 5.32 Å². The van der Waals surface area contributed by atoms with Crippen molar-refractivity contribution in [2.45, 2.75) is 46.0 Å². The summed E-state index contributed by atoms with van der Waals surface area (Å²) in [5.41, 5.74) is 2.39. The smallest absolute Gasteiger partial charge is 0.367 e. The standard InChI is InChI=1S/C22H25F3N2O3/c1-14(2)20(28)11-19-10-18(8-9-26-19)15(3)27-21(29)17-6-4-16(5-7-17)12-30-13-22(23,24)25/h4-10,14-15H,11-13H2,1-3H3,(H,27,29). The van der Waals surface area contributed by atoms with Crippen LogP contribution >= 0.6 is 0 Å². The van der Waals surface area contributed by atoms with E-state index >= 15 is 0 Å². The second-order valence-electron chi connectivity index (χ2n) is 7.38. The topological polar surface area (TPSA) is 68.3 Å². The molecule has 30 heavy (non-hydrogen) atoms. The van der Waals surface area contributed by atoms with Crippen molar-refractivity contribution in [2.75, 3.05) is 6.61 Å². The van der Waals surface area contributed by atoms with E-state index in [1.165, 1.54) is 12.1 Å². The van der Waals surface area contributed by atoms with Gasteiger partial charge in [-0.3, -0.25) is 14.6 Å². The van der Waals surface area contributed by atoms with E-state index in [0.29, 0.717) is 16.8 Å². The maximum absolute atomic E-state index is 12.5. The molecule has 0 spiro atoms. The van der Waals surface area contributed by atoms with Crippen LogP contribution in [0, 0.1) is 5.92 Å². The predicted octanol–water partition coefficient (Wildman–Crippen LogP) is 4.42. The molecule has 1 heterocycles. The van der Waals surface area contributed by atoms with Crippen molar-refractivity contribution in [3.05, 3.63) is 65.0 Å². The number of Topliss-reactive ketones (excluding diaryl/α,β-unsaturated/α-hetero) is 1. The van der Waals surface area contributed by atoms with Crippen LogP contribution in [0.2, 0.25) is 0 Å². The summed E-state index contributed by atoms with van der Waals surface area (Å²) in [6.07, 6.45) is -2.52. The van der Waals surface area contributed by atoms with Crippen LogP contribution in [0.3, 0.4) is 0 Å². The molecule has 8 heteroatoms. The first-order valence-corrected chi connectivity index (χ1v) is 9.57. The molecule has 0 aliphatic carbocycles. The largest absolute Gasteiger partial charge is 0.411 e. The molecular formula is C22H25F3N2O3. The van der Waals surface area contributed by atoms with Crippen molar-refractivity contribution in [3.8, 4) is 0 Å². The minimum atomic E-state index is -4.37. The highest BCUT2D eigenvalue weighted by Crippen LogP contribution is 2.17. The predicted molar refractivity (Wildman–Crippen MR) is 106 cm³/mol. The maximum Gasteiger partial charge on any atom is 0.411 e. The number of benzene rings is 1. The van der Waals surface area contributed by atoms with Crippen molar-refractivity contribution >= 4 is 11.7 Å². The zero-order valence-electron chi connectivity index (χ0n) is 17.1. The van der Waals surface area contributed by atoms with Gasteiger partial charge in [0.1, 0.15) is 12.4 Å². The highest BCUT2D eigenvalue weighted by molar-refractivity contribution is 5.94. The molecule has 0 aliphatic rings. The molecule has 1 aromatic carbocycles. The van der Waals surface area contributed by atoms with Gasteiger partial charge >= 0.3 is 6.18 Å². The van der Waals surface area contributed by atoms with Crippen molar-refractivity contribution in [1.82, 2.24) is 10.3 Å². The summed E-state index contributed by atoms with van der Waals surface area (Å²) < 4.78 is 40.9. The van der Waals surface area contributed by atoms with Crippen LogP contribution in [0.5, 0.6) is 0 Å². The van der Waals surface area contributed by atoms with E-state index in [1.54, 1.807) is 30.5 Å². The third kappa shape index (κ3) is 7.59. The Morgan fingerprint density at radius 3 is 2.37 bits per heavy atom. The monoisotopic (exact) mass is 422 g/mol. The van der Waals surface area contributed by atoms with E-state index < -0.39 is 12.8 Å². The van der Waals surface area contributed by atoms with Crippen molar-refractivity contribution in [3.63, 3.8) is 0 Å². The summed E-state index contributed by atoms with van der Waals surface area (Å²) in [5.74, 6) is -0.299. The summed E-state index contributed by atoms with van der Waals surface area (Å²) in [4.78, 5) is 28.6. The summed E-state index contributed by atoms with van der Waals surface area (Å²) in [6.45, 7) is 3.99. The number of amides is 1. The van der Waals surface area contributed by atoms with Crippen molar-refractivity contribution < 1.29 is 27.5 Å². The SMILES string of the molecule is CC(C)C(=O)Cc1cc(C(C)NC(=O)c2ccc(COCC(F)(F)F)cc2)ccn1. The van der Waals surface area contributed by atoms with Gasteiger partial charge in [0, 0.05) is 29.8 Å². The molecule has 5 nitrogen and oxygen atoms in total. The van der Waals surface area contributed by atoms with Crippen molar-refractivity contribution in [2.24, 2.45) is 5.92 Å². The third-order valence-corrected chi connectivity index (χ3v) is 4.44. The van der Waals surface area contributed by atoms with E-state index in [2.05, 4.69) is 15.0 Å². The molecule has 1 unspecified atom stereocenters. The number of rotatable bonds is 9. The Morgan fingerprint density at radius 2 is 1.77 bits per heavy atom. The molecule has 2 rings (SSSR count). The molecule has 0 fully saturated rings. The Kier molecular flexibility index (Phi) is 8.11. The number of hydrogen-bond donors (Lipinski definition) is 1. The third-order valence-electron chi connectivity index (χ3n) is 4.44. The van der Waals surface area contributed by atoms with Crippen LogP contribution in [0.15, 0.2) is 42.6 Å². The number of ketones is 1. The van der Waals surface area contributed by atoms with Gasteiger partial charge in [-0.05, 0) is 42.3 Å². The second-order valence-corrected chi connectivity index (χ2v) is 7.38. The molecule has 2 aromatic rings. The molecule has 0 bridgehead atoms. The number of alkyl halides is 3. The summed E-state index contributed by atoms with van der Waals surface area (Å²) in [5, 5.41) is 2.87. The molecule has 0 saturated carbocycles. The first-order chi connectivity index (χ1) is 14.0. The van der Waals surface area contributed by atoms with E-state index in [9.17, 15) is 22.8 Å². The zero-order valence-corrected chi connectivity index (χ0v) is 17.1. The minimum absolute atomic E-state index is 0.0746. The Morgan fingerprint density at radius 1 is 1.10 bits per heavy atom. The molecule has 0 aliphatic heterocycles. The van der Waals surface area contributed by atoms with Gasteiger partial charge in [0.25, 0.3) is 5.91 Å². The van der Waals surface area contributed by atoms with E-state index in [0.717, 1.165) is 5.56 Å². The fourth-order valence-electron chi connectivity index (χ4n) is 2.65. The number of hydrogen-bond acceptors (Lipinski definition) is 4. The summed E-state index contributed by atoms with van der Waals surface area (Å²) in [7, 11) is 0. The number of pyridine rings is 1. The molecule has 162 valence electrons. The number of carbonyl (C=O) groups excluding carboxylic acids is 2. The van der Waals surface area contributed by atoms with E-state index in [1.807, 2.05) is 20.8 Å². The van der Waals surface area contributed by atoms with Crippen molar-refractivity contribution in [1.29, 1.82) is 0 Å². The first kappa shape index (κ1) is 23.5.